The molecule has 0 bridgehead atoms. The van der Waals surface area contributed by atoms with Gasteiger partial charge >= 0.3 is 0 Å². The van der Waals surface area contributed by atoms with Crippen molar-refractivity contribution in [3.8, 4) is 6.07 Å². The second-order valence-electron chi connectivity index (χ2n) is 3.06. The van der Waals surface area contributed by atoms with E-state index in [1.54, 1.807) is 17.8 Å². The number of hydrazone groups is 1. The highest BCUT2D eigenvalue weighted by atomic mass is 32.2. The lowest BCUT2D eigenvalue weighted by molar-refractivity contribution is 1.32. The van der Waals surface area contributed by atoms with Gasteiger partial charge in [0.1, 0.15) is 6.07 Å². The zero-order chi connectivity index (χ0) is 12.7. The van der Waals surface area contributed by atoms with Gasteiger partial charge in [0.05, 0.1) is 5.69 Å². The van der Waals surface area contributed by atoms with E-state index in [9.17, 15) is 0 Å². The highest BCUT2D eigenvalue weighted by Crippen LogP contribution is 2.19. The summed E-state index contributed by atoms with van der Waals surface area (Å²) in [7, 11) is 0. The summed E-state index contributed by atoms with van der Waals surface area (Å²) in [6, 6.07) is 9.38. The maximum atomic E-state index is 8.64. The van der Waals surface area contributed by atoms with Crippen molar-refractivity contribution in [1.29, 1.82) is 10.7 Å². The van der Waals surface area contributed by atoms with Crippen molar-refractivity contribution >= 4 is 29.0 Å². The molecule has 1 aromatic rings. The summed E-state index contributed by atoms with van der Waals surface area (Å²) in [4.78, 5) is 1.18. The third-order valence-corrected chi connectivity index (χ3v) is 2.72. The minimum absolute atomic E-state index is 0.128. The Kier molecular flexibility index (Phi) is 5.04. The van der Waals surface area contributed by atoms with Crippen molar-refractivity contribution in [3.63, 3.8) is 0 Å². The number of amidine groups is 1. The molecule has 17 heavy (non-hydrogen) atoms. The van der Waals surface area contributed by atoms with Gasteiger partial charge in [0.2, 0.25) is 5.71 Å². The number of hydrogen-bond donors (Lipinski definition) is 3. The largest absolute Gasteiger partial charge is 0.382 e. The SMILES string of the molecule is CCSc1ccc(N/N=C(\C#N)C(=N)N)cc1. The van der Waals surface area contributed by atoms with Crippen LogP contribution in [0.25, 0.3) is 0 Å². The Morgan fingerprint density at radius 3 is 2.65 bits per heavy atom. The minimum atomic E-state index is -0.349. The van der Waals surface area contributed by atoms with E-state index < -0.39 is 0 Å². The Morgan fingerprint density at radius 1 is 1.53 bits per heavy atom. The van der Waals surface area contributed by atoms with Gasteiger partial charge in [0.25, 0.3) is 0 Å². The fourth-order valence-electron chi connectivity index (χ4n) is 1.06. The lowest BCUT2D eigenvalue weighted by Gasteiger charge is -2.02. The van der Waals surface area contributed by atoms with Gasteiger partial charge in [-0.25, -0.2) is 0 Å². The molecule has 0 spiro atoms. The summed E-state index contributed by atoms with van der Waals surface area (Å²) < 4.78 is 0. The summed E-state index contributed by atoms with van der Waals surface area (Å²) >= 11 is 1.75. The second kappa shape index (κ2) is 6.55. The van der Waals surface area contributed by atoms with Crippen molar-refractivity contribution in [1.82, 2.24) is 0 Å². The van der Waals surface area contributed by atoms with E-state index in [4.69, 9.17) is 16.4 Å². The molecule has 0 heterocycles. The molecule has 0 aliphatic heterocycles. The van der Waals surface area contributed by atoms with Crippen molar-refractivity contribution in [2.75, 3.05) is 11.2 Å². The molecule has 6 heteroatoms. The molecular weight excluding hydrogens is 234 g/mol. The topological polar surface area (TPSA) is 98.0 Å². The quantitative estimate of drug-likeness (QED) is 0.321. The molecule has 1 aromatic carbocycles. The first kappa shape index (κ1) is 13.1. The lowest BCUT2D eigenvalue weighted by Crippen LogP contribution is -2.21. The molecule has 0 aliphatic rings. The van der Waals surface area contributed by atoms with Gasteiger partial charge in [-0.1, -0.05) is 6.92 Å². The van der Waals surface area contributed by atoms with E-state index in [1.807, 2.05) is 24.3 Å². The van der Waals surface area contributed by atoms with Crippen LogP contribution in [-0.2, 0) is 0 Å². The van der Waals surface area contributed by atoms with Crippen LogP contribution in [0.3, 0.4) is 0 Å². The summed E-state index contributed by atoms with van der Waals surface area (Å²) in [5.74, 6) is 0.673. The first-order valence-corrected chi connectivity index (χ1v) is 5.97. The molecule has 0 unspecified atom stereocenters. The van der Waals surface area contributed by atoms with Crippen LogP contribution in [0.5, 0.6) is 0 Å². The average molecular weight is 247 g/mol. The highest BCUT2D eigenvalue weighted by molar-refractivity contribution is 7.99. The molecule has 0 saturated carbocycles. The molecule has 0 atom stereocenters. The van der Waals surface area contributed by atoms with Crippen LogP contribution in [0, 0.1) is 16.7 Å². The molecular formula is C11H13N5S. The van der Waals surface area contributed by atoms with Gasteiger partial charge in [-0.2, -0.15) is 10.4 Å². The van der Waals surface area contributed by atoms with Crippen molar-refractivity contribution in [2.45, 2.75) is 11.8 Å². The fourth-order valence-corrected chi connectivity index (χ4v) is 1.72. The Balaban J connectivity index is 2.70. The van der Waals surface area contributed by atoms with E-state index in [0.717, 1.165) is 11.4 Å². The van der Waals surface area contributed by atoms with Crippen molar-refractivity contribution in [3.05, 3.63) is 24.3 Å². The summed E-state index contributed by atoms with van der Waals surface area (Å²) in [6.07, 6.45) is 0. The van der Waals surface area contributed by atoms with Crippen LogP contribution in [-0.4, -0.2) is 17.3 Å². The fraction of sp³-hybridized carbons (Fsp3) is 0.182. The lowest BCUT2D eigenvalue weighted by atomic mass is 10.3. The molecule has 0 amide bonds. The molecule has 1 rings (SSSR count). The number of nitrogens with one attached hydrogen (secondary N) is 2. The molecule has 5 nitrogen and oxygen atoms in total. The molecule has 0 saturated heterocycles. The number of benzene rings is 1. The maximum absolute atomic E-state index is 8.64. The molecule has 0 fully saturated rings. The minimum Gasteiger partial charge on any atom is -0.382 e. The predicted molar refractivity (Wildman–Crippen MR) is 71.4 cm³/mol. The van der Waals surface area contributed by atoms with Crippen molar-refractivity contribution < 1.29 is 0 Å². The van der Waals surface area contributed by atoms with E-state index in [2.05, 4.69) is 17.5 Å². The summed E-state index contributed by atoms with van der Waals surface area (Å²) in [6.45, 7) is 2.09. The molecule has 88 valence electrons. The smallest absolute Gasteiger partial charge is 0.201 e. The van der Waals surface area contributed by atoms with E-state index in [1.165, 1.54) is 4.90 Å². The van der Waals surface area contributed by atoms with Gasteiger partial charge in [0, 0.05) is 4.90 Å². The van der Waals surface area contributed by atoms with E-state index in [0.29, 0.717) is 0 Å². The van der Waals surface area contributed by atoms with Gasteiger partial charge in [-0.3, -0.25) is 10.8 Å². The highest BCUT2D eigenvalue weighted by Gasteiger charge is 2.00. The number of hydrogen-bond acceptors (Lipinski definition) is 5. The molecule has 0 radical (unpaired) electrons. The number of rotatable bonds is 5. The number of nitrogens with two attached hydrogens (primary N) is 1. The van der Waals surface area contributed by atoms with Crippen LogP contribution < -0.4 is 11.2 Å². The monoisotopic (exact) mass is 247 g/mol. The molecule has 0 aliphatic carbocycles. The average Bonchev–Trinajstić information content (AvgIpc) is 2.32. The Hall–Kier alpha value is -2.00. The first-order valence-electron chi connectivity index (χ1n) is 4.98. The zero-order valence-electron chi connectivity index (χ0n) is 9.40. The number of nitriles is 1. The third kappa shape index (κ3) is 4.17. The standard InChI is InChI=1S/C11H13N5S/c1-2-17-9-5-3-8(4-6-9)15-16-10(7-12)11(13)14/h3-6,15H,2H2,1H3,(H3,13,14)/b16-10+. The van der Waals surface area contributed by atoms with Crippen LogP contribution in [0.4, 0.5) is 5.69 Å². The number of anilines is 1. The van der Waals surface area contributed by atoms with Crippen LogP contribution >= 0.6 is 11.8 Å². The molecule has 4 N–H and O–H groups in total. The molecule has 0 aromatic heterocycles. The van der Waals surface area contributed by atoms with Gasteiger partial charge in [0.15, 0.2) is 5.84 Å². The maximum Gasteiger partial charge on any atom is 0.201 e. The van der Waals surface area contributed by atoms with Crippen molar-refractivity contribution in [2.24, 2.45) is 10.8 Å². The van der Waals surface area contributed by atoms with E-state index in [-0.39, 0.29) is 11.5 Å². The first-order chi connectivity index (χ1) is 8.17. The third-order valence-electron chi connectivity index (χ3n) is 1.82. The summed E-state index contributed by atoms with van der Waals surface area (Å²) in [5.41, 5.74) is 8.47. The Labute approximate surface area is 104 Å². The predicted octanol–water partition coefficient (Wildman–Crippen LogP) is 2.03. The van der Waals surface area contributed by atoms with Crippen LogP contribution in [0.2, 0.25) is 0 Å². The Morgan fingerprint density at radius 2 is 2.18 bits per heavy atom. The number of nitrogens with zero attached hydrogens (tertiary/aromatic N) is 2. The van der Waals surface area contributed by atoms with Gasteiger partial charge in [-0.05, 0) is 30.0 Å². The Bertz CT molecular complexity index is 458. The van der Waals surface area contributed by atoms with E-state index >= 15 is 0 Å². The van der Waals surface area contributed by atoms with Crippen LogP contribution in [0.15, 0.2) is 34.3 Å². The summed E-state index contributed by atoms with van der Waals surface area (Å²) in [5, 5.41) is 19.5. The second-order valence-corrected chi connectivity index (χ2v) is 4.39. The van der Waals surface area contributed by atoms with Gasteiger partial charge < -0.3 is 5.73 Å². The van der Waals surface area contributed by atoms with Gasteiger partial charge in [-0.15, -0.1) is 11.8 Å². The van der Waals surface area contributed by atoms with Crippen LogP contribution in [0.1, 0.15) is 6.92 Å². The normalized spacial score (nSPS) is 10.7. The zero-order valence-corrected chi connectivity index (χ0v) is 10.2. The number of thioether (sulfide) groups is 1.